The lowest BCUT2D eigenvalue weighted by Gasteiger charge is -2.28. The molecule has 0 saturated carbocycles. The van der Waals surface area contributed by atoms with Crippen molar-refractivity contribution in [3.05, 3.63) is 52.2 Å². The average molecular weight is 430 g/mol. The molecule has 5 nitrogen and oxygen atoms in total. The molecule has 29 heavy (non-hydrogen) atoms. The highest BCUT2D eigenvalue weighted by Crippen LogP contribution is 2.29. The second-order valence-corrected chi connectivity index (χ2v) is 9.20. The van der Waals surface area contributed by atoms with Gasteiger partial charge in [-0.25, -0.2) is 4.99 Å². The Balaban J connectivity index is 1.59. The predicted molar refractivity (Wildman–Crippen MR) is 122 cm³/mol. The number of amidine groups is 1. The minimum Gasteiger partial charge on any atom is -0.351 e. The Morgan fingerprint density at radius 2 is 2.03 bits per heavy atom. The summed E-state index contributed by atoms with van der Waals surface area (Å²) in [6.07, 6.45) is 1.99. The van der Waals surface area contributed by atoms with Gasteiger partial charge >= 0.3 is 0 Å². The molecule has 0 radical (unpaired) electrons. The molecule has 0 bridgehead atoms. The van der Waals surface area contributed by atoms with Gasteiger partial charge in [0.25, 0.3) is 5.91 Å². The summed E-state index contributed by atoms with van der Waals surface area (Å²) in [5.41, 5.74) is 2.13. The molecule has 154 valence electrons. The minimum absolute atomic E-state index is 0.0725. The number of hydrogen-bond donors (Lipinski definition) is 1. The summed E-state index contributed by atoms with van der Waals surface area (Å²) in [4.78, 5) is 32.1. The maximum Gasteiger partial charge on any atom is 0.261 e. The zero-order chi connectivity index (χ0) is 20.6. The van der Waals surface area contributed by atoms with E-state index in [-0.39, 0.29) is 11.8 Å². The Bertz CT molecular complexity index is 863. The summed E-state index contributed by atoms with van der Waals surface area (Å²) >= 11 is 3.06. The topological polar surface area (TPSA) is 61.8 Å². The molecular formula is C22H27N3O2S2. The Hall–Kier alpha value is -2.12. The quantitative estimate of drug-likeness (QED) is 0.628. The van der Waals surface area contributed by atoms with E-state index in [1.165, 1.54) is 16.9 Å². The molecule has 0 aliphatic carbocycles. The van der Waals surface area contributed by atoms with Gasteiger partial charge in [-0.3, -0.25) is 14.5 Å². The second kappa shape index (κ2) is 10.6. The van der Waals surface area contributed by atoms with E-state index in [1.54, 1.807) is 17.8 Å². The first-order valence-corrected chi connectivity index (χ1v) is 11.8. The number of thioether (sulfide) groups is 1. The van der Waals surface area contributed by atoms with Crippen molar-refractivity contribution in [1.82, 2.24) is 10.2 Å². The van der Waals surface area contributed by atoms with Crippen molar-refractivity contribution in [2.24, 2.45) is 4.99 Å². The number of carbonyl (C=O) groups is 2. The molecule has 1 aromatic heterocycles. The van der Waals surface area contributed by atoms with Gasteiger partial charge in [-0.2, -0.15) is 0 Å². The number of amides is 2. The van der Waals surface area contributed by atoms with E-state index in [4.69, 9.17) is 4.99 Å². The third-order valence-electron chi connectivity index (χ3n) is 4.66. The smallest absolute Gasteiger partial charge is 0.261 e. The molecular weight excluding hydrogens is 402 g/mol. The molecule has 1 saturated heterocycles. The molecule has 0 atom stereocenters. The van der Waals surface area contributed by atoms with Crippen molar-refractivity contribution in [2.75, 3.05) is 18.8 Å². The number of carbonyl (C=O) groups excluding carboxylic acids is 2. The van der Waals surface area contributed by atoms with Gasteiger partial charge in [-0.1, -0.05) is 49.9 Å². The van der Waals surface area contributed by atoms with Crippen LogP contribution in [0.5, 0.6) is 0 Å². The normalized spacial score (nSPS) is 15.7. The van der Waals surface area contributed by atoms with E-state index >= 15 is 0 Å². The van der Waals surface area contributed by atoms with Gasteiger partial charge in [0.2, 0.25) is 5.91 Å². The van der Waals surface area contributed by atoms with Crippen LogP contribution >= 0.6 is 23.1 Å². The van der Waals surface area contributed by atoms with E-state index in [1.807, 2.05) is 34.5 Å². The van der Waals surface area contributed by atoms with Crippen LogP contribution in [0.1, 0.15) is 54.3 Å². The standard InChI is InChI=1S/C22H27N3O2S2/c1-16(2)17-8-3-4-9-18(17)24-22-25(13-7-15-29-22)20(26)11-5-12-23-21(27)19-10-6-14-28-19/h3-4,6,8-10,14,16H,5,7,11-13,15H2,1-2H3,(H,23,27). The number of rotatable bonds is 7. The number of nitrogens with zero attached hydrogens (tertiary/aromatic N) is 2. The highest BCUT2D eigenvalue weighted by atomic mass is 32.2. The van der Waals surface area contributed by atoms with Crippen LogP contribution in [0.25, 0.3) is 0 Å². The SMILES string of the molecule is CC(C)c1ccccc1N=C1SCCCN1C(=O)CCCNC(=O)c1cccs1. The molecule has 0 unspecified atom stereocenters. The van der Waals surface area contributed by atoms with E-state index in [2.05, 4.69) is 25.2 Å². The van der Waals surface area contributed by atoms with Crippen molar-refractivity contribution in [1.29, 1.82) is 0 Å². The van der Waals surface area contributed by atoms with Crippen LogP contribution in [0.3, 0.4) is 0 Å². The van der Waals surface area contributed by atoms with Crippen molar-refractivity contribution < 1.29 is 9.59 Å². The summed E-state index contributed by atoms with van der Waals surface area (Å²) in [5, 5.41) is 5.55. The Morgan fingerprint density at radius 3 is 2.79 bits per heavy atom. The average Bonchev–Trinajstić information content (AvgIpc) is 3.26. The van der Waals surface area contributed by atoms with Gasteiger partial charge in [0.1, 0.15) is 0 Å². The first-order valence-electron chi connectivity index (χ1n) is 9.98. The lowest BCUT2D eigenvalue weighted by Crippen LogP contribution is -2.39. The fourth-order valence-electron chi connectivity index (χ4n) is 3.14. The van der Waals surface area contributed by atoms with Crippen LogP contribution in [-0.4, -0.2) is 40.7 Å². The zero-order valence-corrected chi connectivity index (χ0v) is 18.5. The van der Waals surface area contributed by atoms with Crippen molar-refractivity contribution in [2.45, 2.75) is 39.0 Å². The Kier molecular flexibility index (Phi) is 7.89. The van der Waals surface area contributed by atoms with Crippen LogP contribution in [0.4, 0.5) is 5.69 Å². The van der Waals surface area contributed by atoms with Crippen molar-refractivity contribution in [3.8, 4) is 0 Å². The molecule has 2 aromatic rings. The summed E-state index contributed by atoms with van der Waals surface area (Å²) in [6.45, 7) is 5.50. The van der Waals surface area contributed by atoms with Gasteiger partial charge in [0.05, 0.1) is 10.6 Å². The highest BCUT2D eigenvalue weighted by Gasteiger charge is 2.23. The van der Waals surface area contributed by atoms with Crippen LogP contribution in [0.2, 0.25) is 0 Å². The number of benzene rings is 1. The summed E-state index contributed by atoms with van der Waals surface area (Å²) in [6, 6.07) is 11.8. The molecule has 1 aliphatic heterocycles. The van der Waals surface area contributed by atoms with Crippen LogP contribution in [0.15, 0.2) is 46.8 Å². The minimum atomic E-state index is -0.0754. The molecule has 1 fully saturated rings. The lowest BCUT2D eigenvalue weighted by atomic mass is 10.0. The number of nitrogens with one attached hydrogen (secondary N) is 1. The first kappa shape index (κ1) is 21.6. The van der Waals surface area contributed by atoms with Crippen molar-refractivity contribution >= 4 is 45.8 Å². The largest absolute Gasteiger partial charge is 0.351 e. The van der Waals surface area contributed by atoms with E-state index in [9.17, 15) is 9.59 Å². The molecule has 0 spiro atoms. The molecule has 2 amide bonds. The third kappa shape index (κ3) is 5.93. The summed E-state index contributed by atoms with van der Waals surface area (Å²) in [5.74, 6) is 1.35. The molecule has 1 N–H and O–H groups in total. The number of thiophene rings is 1. The maximum atomic E-state index is 12.8. The molecule has 2 heterocycles. The predicted octanol–water partition coefficient (Wildman–Crippen LogP) is 5.03. The second-order valence-electron chi connectivity index (χ2n) is 7.19. The van der Waals surface area contributed by atoms with Gasteiger partial charge in [-0.05, 0) is 41.8 Å². The Labute approximate surface area is 180 Å². The van der Waals surface area contributed by atoms with Crippen LogP contribution in [0, 0.1) is 0 Å². The third-order valence-corrected chi connectivity index (χ3v) is 6.59. The van der Waals surface area contributed by atoms with E-state index in [0.29, 0.717) is 36.7 Å². The van der Waals surface area contributed by atoms with Crippen LogP contribution < -0.4 is 5.32 Å². The monoisotopic (exact) mass is 429 g/mol. The Morgan fingerprint density at radius 1 is 1.21 bits per heavy atom. The molecule has 1 aromatic carbocycles. The summed E-state index contributed by atoms with van der Waals surface area (Å²) in [7, 11) is 0. The molecule has 1 aliphatic rings. The van der Waals surface area contributed by atoms with Gasteiger partial charge in [-0.15, -0.1) is 11.3 Å². The van der Waals surface area contributed by atoms with Crippen LogP contribution in [-0.2, 0) is 4.79 Å². The molecule has 3 rings (SSSR count). The number of aliphatic imine (C=N–C) groups is 1. The fraction of sp³-hybridized carbons (Fsp3) is 0.409. The van der Waals surface area contributed by atoms with Crippen molar-refractivity contribution in [3.63, 3.8) is 0 Å². The summed E-state index contributed by atoms with van der Waals surface area (Å²) < 4.78 is 0. The van der Waals surface area contributed by atoms with Gasteiger partial charge in [0.15, 0.2) is 5.17 Å². The highest BCUT2D eigenvalue weighted by molar-refractivity contribution is 8.13. The lowest BCUT2D eigenvalue weighted by molar-refractivity contribution is -0.127. The first-order chi connectivity index (χ1) is 14.1. The van der Waals surface area contributed by atoms with E-state index < -0.39 is 0 Å². The fourth-order valence-corrected chi connectivity index (χ4v) is 4.74. The number of para-hydroxylation sites is 1. The number of hydrogen-bond acceptors (Lipinski definition) is 5. The maximum absolute atomic E-state index is 12.8. The molecule has 7 heteroatoms. The zero-order valence-electron chi connectivity index (χ0n) is 16.9. The van der Waals surface area contributed by atoms with E-state index in [0.717, 1.165) is 23.0 Å². The van der Waals surface area contributed by atoms with Gasteiger partial charge < -0.3 is 5.32 Å². The van der Waals surface area contributed by atoms with Gasteiger partial charge in [0, 0.05) is 25.3 Å².